The first-order chi connectivity index (χ1) is 12.8. The second-order valence-corrected chi connectivity index (χ2v) is 8.26. The van der Waals surface area contributed by atoms with Gasteiger partial charge in [0, 0.05) is 29.8 Å². The number of nitrogens with one attached hydrogen (secondary N) is 1. The van der Waals surface area contributed by atoms with E-state index in [9.17, 15) is 9.59 Å². The van der Waals surface area contributed by atoms with Gasteiger partial charge in [-0.3, -0.25) is 9.59 Å². The Kier molecular flexibility index (Phi) is 5.64. The third kappa shape index (κ3) is 4.76. The number of anilines is 1. The quantitative estimate of drug-likeness (QED) is 0.859. The summed E-state index contributed by atoms with van der Waals surface area (Å²) in [6.45, 7) is 7.13. The molecule has 1 aliphatic heterocycles. The molecule has 0 atom stereocenters. The Hall–Kier alpha value is -2.62. The largest absolute Gasteiger partial charge is 0.339 e. The van der Waals surface area contributed by atoms with E-state index in [-0.39, 0.29) is 11.8 Å². The molecule has 2 amide bonds. The molecule has 2 aromatic rings. The molecule has 3 rings (SSSR count). The molecule has 1 heterocycles. The highest BCUT2D eigenvalue weighted by molar-refractivity contribution is 5.98. The fraction of sp³-hybridized carbons (Fsp3) is 0.391. The molecule has 0 aliphatic carbocycles. The number of benzene rings is 2. The third-order valence-electron chi connectivity index (χ3n) is 5.10. The number of hydrogen-bond donors (Lipinski definition) is 1. The zero-order valence-corrected chi connectivity index (χ0v) is 16.4. The highest BCUT2D eigenvalue weighted by Crippen LogP contribution is 2.28. The van der Waals surface area contributed by atoms with E-state index in [2.05, 4.69) is 29.6 Å². The van der Waals surface area contributed by atoms with Crippen LogP contribution in [-0.2, 0) is 4.79 Å². The molecule has 4 nitrogen and oxygen atoms in total. The van der Waals surface area contributed by atoms with Gasteiger partial charge in [-0.1, -0.05) is 57.2 Å². The van der Waals surface area contributed by atoms with Crippen LogP contribution in [0.15, 0.2) is 54.6 Å². The Labute approximate surface area is 161 Å². The topological polar surface area (TPSA) is 49.4 Å². The lowest BCUT2D eigenvalue weighted by Crippen LogP contribution is -2.38. The van der Waals surface area contributed by atoms with Gasteiger partial charge in [-0.05, 0) is 42.5 Å². The number of rotatable bonds is 3. The van der Waals surface area contributed by atoms with Gasteiger partial charge >= 0.3 is 0 Å². The molecule has 1 N–H and O–H groups in total. The maximum atomic E-state index is 12.9. The normalized spacial score (nSPS) is 15.4. The predicted octanol–water partition coefficient (Wildman–Crippen LogP) is 4.69. The second-order valence-electron chi connectivity index (χ2n) is 8.26. The molecule has 1 aliphatic rings. The Balaban J connectivity index is 1.63. The third-order valence-corrected chi connectivity index (χ3v) is 5.10. The molecular formula is C23H28N2O2. The summed E-state index contributed by atoms with van der Waals surface area (Å²) in [4.78, 5) is 27.0. The average Bonchev–Trinajstić information content (AvgIpc) is 2.68. The fourth-order valence-corrected chi connectivity index (χ4v) is 3.37. The van der Waals surface area contributed by atoms with Crippen LogP contribution in [-0.4, -0.2) is 29.8 Å². The van der Waals surface area contributed by atoms with E-state index in [0.717, 1.165) is 25.9 Å². The van der Waals surface area contributed by atoms with E-state index in [1.807, 2.05) is 49.9 Å². The predicted molar refractivity (Wildman–Crippen MR) is 109 cm³/mol. The standard InChI is InChI=1S/C23H28N2O2/c1-23(2,3)22(27)24-20-11-7-10-19(16-20)21(26)25-14-12-18(13-15-25)17-8-5-4-6-9-17/h4-11,16,18H,12-15H2,1-3H3,(H,24,27). The smallest absolute Gasteiger partial charge is 0.253 e. The van der Waals surface area contributed by atoms with E-state index in [1.165, 1.54) is 5.56 Å². The monoisotopic (exact) mass is 364 g/mol. The van der Waals surface area contributed by atoms with Gasteiger partial charge in [0.15, 0.2) is 0 Å². The maximum absolute atomic E-state index is 12.9. The average molecular weight is 364 g/mol. The first-order valence-electron chi connectivity index (χ1n) is 9.60. The van der Waals surface area contributed by atoms with Crippen molar-refractivity contribution < 1.29 is 9.59 Å². The number of amides is 2. The zero-order chi connectivity index (χ0) is 19.4. The summed E-state index contributed by atoms with van der Waals surface area (Å²) in [6, 6.07) is 17.8. The van der Waals surface area contributed by atoms with Crippen LogP contribution in [0.3, 0.4) is 0 Å². The van der Waals surface area contributed by atoms with Crippen LogP contribution in [0.5, 0.6) is 0 Å². The molecule has 0 radical (unpaired) electrons. The highest BCUT2D eigenvalue weighted by Gasteiger charge is 2.25. The number of likely N-dealkylation sites (tertiary alicyclic amines) is 1. The summed E-state index contributed by atoms with van der Waals surface area (Å²) >= 11 is 0. The lowest BCUT2D eigenvalue weighted by Gasteiger charge is -2.32. The van der Waals surface area contributed by atoms with Crippen molar-refractivity contribution in [1.29, 1.82) is 0 Å². The molecular weight excluding hydrogens is 336 g/mol. The van der Waals surface area contributed by atoms with Gasteiger partial charge in [0.2, 0.25) is 5.91 Å². The van der Waals surface area contributed by atoms with Gasteiger partial charge in [-0.25, -0.2) is 0 Å². The van der Waals surface area contributed by atoms with Gasteiger partial charge in [0.1, 0.15) is 0 Å². The molecule has 2 aromatic carbocycles. The number of carbonyl (C=O) groups excluding carboxylic acids is 2. The first-order valence-corrected chi connectivity index (χ1v) is 9.60. The molecule has 0 spiro atoms. The molecule has 1 saturated heterocycles. The van der Waals surface area contributed by atoms with Crippen molar-refractivity contribution in [2.24, 2.45) is 5.41 Å². The van der Waals surface area contributed by atoms with E-state index < -0.39 is 5.41 Å². The minimum absolute atomic E-state index is 0.0355. The summed E-state index contributed by atoms with van der Waals surface area (Å²) < 4.78 is 0. The minimum atomic E-state index is -0.473. The molecule has 0 bridgehead atoms. The number of hydrogen-bond acceptors (Lipinski definition) is 2. The minimum Gasteiger partial charge on any atom is -0.339 e. The summed E-state index contributed by atoms with van der Waals surface area (Å²) in [5.74, 6) is 0.497. The van der Waals surface area contributed by atoms with Crippen molar-refractivity contribution in [3.05, 3.63) is 65.7 Å². The molecule has 4 heteroatoms. The molecule has 27 heavy (non-hydrogen) atoms. The molecule has 142 valence electrons. The Morgan fingerprint density at radius 2 is 1.63 bits per heavy atom. The lowest BCUT2D eigenvalue weighted by molar-refractivity contribution is -0.123. The molecule has 0 aromatic heterocycles. The van der Waals surface area contributed by atoms with Gasteiger partial charge < -0.3 is 10.2 Å². The van der Waals surface area contributed by atoms with Crippen molar-refractivity contribution in [2.45, 2.75) is 39.5 Å². The maximum Gasteiger partial charge on any atom is 0.253 e. The van der Waals surface area contributed by atoms with Gasteiger partial charge in [-0.15, -0.1) is 0 Å². The van der Waals surface area contributed by atoms with E-state index in [0.29, 0.717) is 17.2 Å². The SMILES string of the molecule is CC(C)(C)C(=O)Nc1cccc(C(=O)N2CCC(c3ccccc3)CC2)c1. The summed E-state index contributed by atoms with van der Waals surface area (Å²) in [7, 11) is 0. The Morgan fingerprint density at radius 1 is 0.963 bits per heavy atom. The Morgan fingerprint density at radius 3 is 2.26 bits per heavy atom. The van der Waals surface area contributed by atoms with Crippen molar-refractivity contribution in [1.82, 2.24) is 4.90 Å². The second kappa shape index (κ2) is 7.95. The van der Waals surface area contributed by atoms with Crippen LogP contribution in [0.1, 0.15) is 55.5 Å². The van der Waals surface area contributed by atoms with Crippen molar-refractivity contribution in [3.63, 3.8) is 0 Å². The van der Waals surface area contributed by atoms with E-state index in [4.69, 9.17) is 0 Å². The van der Waals surface area contributed by atoms with E-state index in [1.54, 1.807) is 6.07 Å². The molecule has 1 fully saturated rings. The Bertz CT molecular complexity index is 801. The number of piperidine rings is 1. The summed E-state index contributed by atoms with van der Waals surface area (Å²) in [6.07, 6.45) is 1.96. The molecule has 0 unspecified atom stereocenters. The summed E-state index contributed by atoms with van der Waals surface area (Å²) in [5.41, 5.74) is 2.18. The molecule has 0 saturated carbocycles. The van der Waals surface area contributed by atoms with Crippen LogP contribution in [0, 0.1) is 5.41 Å². The summed E-state index contributed by atoms with van der Waals surface area (Å²) in [5, 5.41) is 2.90. The van der Waals surface area contributed by atoms with Gasteiger partial charge in [-0.2, -0.15) is 0 Å². The highest BCUT2D eigenvalue weighted by atomic mass is 16.2. The van der Waals surface area contributed by atoms with Crippen LogP contribution in [0.4, 0.5) is 5.69 Å². The van der Waals surface area contributed by atoms with Gasteiger partial charge in [0.05, 0.1) is 0 Å². The first kappa shape index (κ1) is 19.2. The van der Waals surface area contributed by atoms with Crippen molar-refractivity contribution in [3.8, 4) is 0 Å². The van der Waals surface area contributed by atoms with Gasteiger partial charge in [0.25, 0.3) is 5.91 Å². The number of carbonyl (C=O) groups is 2. The van der Waals surface area contributed by atoms with Crippen LogP contribution in [0.25, 0.3) is 0 Å². The van der Waals surface area contributed by atoms with Crippen LogP contribution in [0.2, 0.25) is 0 Å². The van der Waals surface area contributed by atoms with Crippen molar-refractivity contribution >= 4 is 17.5 Å². The lowest BCUT2D eigenvalue weighted by atomic mass is 9.89. The van der Waals surface area contributed by atoms with Crippen molar-refractivity contribution in [2.75, 3.05) is 18.4 Å². The number of nitrogens with zero attached hydrogens (tertiary/aromatic N) is 1. The fourth-order valence-electron chi connectivity index (χ4n) is 3.37. The van der Waals surface area contributed by atoms with Crippen LogP contribution < -0.4 is 5.32 Å². The van der Waals surface area contributed by atoms with E-state index >= 15 is 0 Å². The zero-order valence-electron chi connectivity index (χ0n) is 16.4. The van der Waals surface area contributed by atoms with Crippen LogP contribution >= 0.6 is 0 Å².